The summed E-state index contributed by atoms with van der Waals surface area (Å²) >= 11 is 0. The minimum atomic E-state index is 0.942. The molecular weight excluding hydrogens is 272 g/mol. The Hall–Kier alpha value is -2.88. The first-order valence-electron chi connectivity index (χ1n) is 7.18. The highest BCUT2D eigenvalue weighted by Crippen LogP contribution is 2.12. The van der Waals surface area contributed by atoms with E-state index in [2.05, 4.69) is 58.8 Å². The van der Waals surface area contributed by atoms with Crippen LogP contribution in [0.3, 0.4) is 0 Å². The van der Waals surface area contributed by atoms with Gasteiger partial charge in [0.05, 0.1) is 17.7 Å². The SMILES string of the molecule is C/C(=N\Nc1ccc(C)cc1)c1ccc(-n2ccnc2)cc1. The highest BCUT2D eigenvalue weighted by atomic mass is 15.3. The number of aryl methyl sites for hydroxylation is 1. The second-order valence-electron chi connectivity index (χ2n) is 5.19. The quantitative estimate of drug-likeness (QED) is 0.582. The van der Waals surface area contributed by atoms with Crippen LogP contribution in [-0.2, 0) is 0 Å². The fraction of sp³-hybridized carbons (Fsp3) is 0.111. The van der Waals surface area contributed by atoms with Crippen molar-refractivity contribution in [3.8, 4) is 5.69 Å². The third kappa shape index (κ3) is 3.23. The molecule has 0 aliphatic rings. The van der Waals surface area contributed by atoms with E-state index in [9.17, 15) is 0 Å². The van der Waals surface area contributed by atoms with Crippen molar-refractivity contribution in [2.24, 2.45) is 5.10 Å². The van der Waals surface area contributed by atoms with Crippen molar-refractivity contribution in [2.45, 2.75) is 13.8 Å². The maximum absolute atomic E-state index is 4.43. The van der Waals surface area contributed by atoms with Gasteiger partial charge in [0.2, 0.25) is 0 Å². The maximum atomic E-state index is 4.43. The largest absolute Gasteiger partial charge is 0.306 e. The first-order valence-corrected chi connectivity index (χ1v) is 7.18. The van der Waals surface area contributed by atoms with Crippen LogP contribution in [0.25, 0.3) is 5.69 Å². The molecule has 1 aromatic heterocycles. The monoisotopic (exact) mass is 290 g/mol. The Morgan fingerprint density at radius 3 is 2.41 bits per heavy atom. The van der Waals surface area contributed by atoms with Crippen LogP contribution in [0, 0.1) is 6.92 Å². The van der Waals surface area contributed by atoms with Crippen molar-refractivity contribution >= 4 is 11.4 Å². The summed E-state index contributed by atoms with van der Waals surface area (Å²) in [6.07, 6.45) is 5.48. The smallest absolute Gasteiger partial charge is 0.0991 e. The van der Waals surface area contributed by atoms with Crippen LogP contribution in [0.1, 0.15) is 18.1 Å². The molecule has 0 atom stereocenters. The Labute approximate surface area is 130 Å². The summed E-state index contributed by atoms with van der Waals surface area (Å²) in [4.78, 5) is 4.05. The fourth-order valence-electron chi connectivity index (χ4n) is 2.13. The first-order chi connectivity index (χ1) is 10.7. The fourth-order valence-corrected chi connectivity index (χ4v) is 2.13. The Bertz CT molecular complexity index is 754. The zero-order chi connectivity index (χ0) is 15.4. The van der Waals surface area contributed by atoms with E-state index in [1.807, 2.05) is 29.8 Å². The lowest BCUT2D eigenvalue weighted by molar-refractivity contribution is 1.06. The molecule has 0 unspecified atom stereocenters. The summed E-state index contributed by atoms with van der Waals surface area (Å²) in [5.41, 5.74) is 8.42. The van der Waals surface area contributed by atoms with Crippen LogP contribution in [0.4, 0.5) is 5.69 Å². The average molecular weight is 290 g/mol. The predicted octanol–water partition coefficient (Wildman–Crippen LogP) is 4.02. The molecule has 0 saturated carbocycles. The van der Waals surface area contributed by atoms with E-state index >= 15 is 0 Å². The van der Waals surface area contributed by atoms with E-state index in [-0.39, 0.29) is 0 Å². The van der Waals surface area contributed by atoms with E-state index in [1.54, 1.807) is 12.5 Å². The molecule has 3 aromatic rings. The molecule has 0 aliphatic carbocycles. The number of nitrogens with zero attached hydrogens (tertiary/aromatic N) is 3. The van der Waals surface area contributed by atoms with Crippen molar-refractivity contribution in [1.82, 2.24) is 9.55 Å². The number of rotatable bonds is 4. The van der Waals surface area contributed by atoms with Gasteiger partial charge in [0.25, 0.3) is 0 Å². The zero-order valence-corrected chi connectivity index (χ0v) is 12.7. The van der Waals surface area contributed by atoms with Gasteiger partial charge in [0, 0.05) is 18.1 Å². The normalized spacial score (nSPS) is 11.5. The van der Waals surface area contributed by atoms with Gasteiger partial charge in [-0.25, -0.2) is 4.98 Å². The van der Waals surface area contributed by atoms with Gasteiger partial charge >= 0.3 is 0 Å². The Morgan fingerprint density at radius 1 is 1.05 bits per heavy atom. The predicted molar refractivity (Wildman–Crippen MR) is 90.6 cm³/mol. The molecule has 0 aliphatic heterocycles. The van der Waals surface area contributed by atoms with Gasteiger partial charge < -0.3 is 4.57 Å². The maximum Gasteiger partial charge on any atom is 0.0991 e. The molecule has 2 aromatic carbocycles. The number of imidazole rings is 1. The third-order valence-corrected chi connectivity index (χ3v) is 3.49. The summed E-state index contributed by atoms with van der Waals surface area (Å²) < 4.78 is 1.97. The van der Waals surface area contributed by atoms with Gasteiger partial charge in [-0.15, -0.1) is 0 Å². The summed E-state index contributed by atoms with van der Waals surface area (Å²) in [6, 6.07) is 16.4. The van der Waals surface area contributed by atoms with Crippen LogP contribution in [0.15, 0.2) is 72.4 Å². The molecule has 1 N–H and O–H groups in total. The Kier molecular flexibility index (Phi) is 4.01. The standard InChI is InChI=1S/C18H18N4/c1-14-3-7-17(8-4-14)21-20-15(2)16-5-9-18(10-6-16)22-12-11-19-13-22/h3-13,21H,1-2H3/b20-15+. The molecule has 0 spiro atoms. The lowest BCUT2D eigenvalue weighted by Gasteiger charge is -2.06. The molecule has 0 amide bonds. The van der Waals surface area contributed by atoms with E-state index in [4.69, 9.17) is 0 Å². The molecule has 110 valence electrons. The Balaban J connectivity index is 1.72. The van der Waals surface area contributed by atoms with Crippen LogP contribution in [0.5, 0.6) is 0 Å². The molecule has 1 heterocycles. The van der Waals surface area contributed by atoms with Crippen LogP contribution >= 0.6 is 0 Å². The van der Waals surface area contributed by atoms with Crippen molar-refractivity contribution in [1.29, 1.82) is 0 Å². The molecule has 22 heavy (non-hydrogen) atoms. The zero-order valence-electron chi connectivity index (χ0n) is 12.7. The minimum absolute atomic E-state index is 0.942. The molecular formula is C18H18N4. The van der Waals surface area contributed by atoms with Crippen molar-refractivity contribution in [3.05, 3.63) is 78.4 Å². The average Bonchev–Trinajstić information content (AvgIpc) is 3.09. The van der Waals surface area contributed by atoms with Crippen LogP contribution < -0.4 is 5.43 Å². The number of nitrogens with one attached hydrogen (secondary N) is 1. The number of anilines is 1. The number of hydrazone groups is 1. The molecule has 4 heteroatoms. The molecule has 0 bridgehead atoms. The second-order valence-corrected chi connectivity index (χ2v) is 5.19. The van der Waals surface area contributed by atoms with Crippen molar-refractivity contribution in [2.75, 3.05) is 5.43 Å². The number of benzene rings is 2. The Morgan fingerprint density at radius 2 is 1.77 bits per heavy atom. The minimum Gasteiger partial charge on any atom is -0.306 e. The van der Waals surface area contributed by atoms with E-state index in [0.717, 1.165) is 22.6 Å². The highest BCUT2D eigenvalue weighted by Gasteiger charge is 2.00. The van der Waals surface area contributed by atoms with Gasteiger partial charge in [-0.05, 0) is 43.7 Å². The van der Waals surface area contributed by atoms with Gasteiger partial charge in [-0.1, -0.05) is 29.8 Å². The van der Waals surface area contributed by atoms with Crippen molar-refractivity contribution in [3.63, 3.8) is 0 Å². The van der Waals surface area contributed by atoms with Gasteiger partial charge in [-0.2, -0.15) is 5.10 Å². The van der Waals surface area contributed by atoms with E-state index < -0.39 is 0 Å². The molecule has 0 radical (unpaired) electrons. The number of aromatic nitrogens is 2. The highest BCUT2D eigenvalue weighted by molar-refractivity contribution is 5.99. The first kappa shape index (κ1) is 14.1. The number of hydrogen-bond donors (Lipinski definition) is 1. The summed E-state index contributed by atoms with van der Waals surface area (Å²) in [5, 5.41) is 4.43. The second kappa shape index (κ2) is 6.26. The summed E-state index contributed by atoms with van der Waals surface area (Å²) in [5.74, 6) is 0. The molecule has 4 nitrogen and oxygen atoms in total. The summed E-state index contributed by atoms with van der Waals surface area (Å²) in [6.45, 7) is 4.06. The summed E-state index contributed by atoms with van der Waals surface area (Å²) in [7, 11) is 0. The molecule has 3 rings (SSSR count). The van der Waals surface area contributed by atoms with Crippen molar-refractivity contribution < 1.29 is 0 Å². The lowest BCUT2D eigenvalue weighted by atomic mass is 10.1. The topological polar surface area (TPSA) is 42.2 Å². The van der Waals surface area contributed by atoms with Crippen LogP contribution in [-0.4, -0.2) is 15.3 Å². The van der Waals surface area contributed by atoms with Gasteiger partial charge in [0.1, 0.15) is 0 Å². The lowest BCUT2D eigenvalue weighted by Crippen LogP contribution is -2.00. The van der Waals surface area contributed by atoms with Gasteiger partial charge in [0.15, 0.2) is 0 Å². The molecule has 0 fully saturated rings. The number of hydrogen-bond acceptors (Lipinski definition) is 3. The van der Waals surface area contributed by atoms with E-state index in [1.165, 1.54) is 5.56 Å². The van der Waals surface area contributed by atoms with Crippen LogP contribution in [0.2, 0.25) is 0 Å². The third-order valence-electron chi connectivity index (χ3n) is 3.49. The van der Waals surface area contributed by atoms with Gasteiger partial charge in [-0.3, -0.25) is 5.43 Å². The molecule has 0 saturated heterocycles. The van der Waals surface area contributed by atoms with E-state index in [0.29, 0.717) is 0 Å².